The second kappa shape index (κ2) is 8.59. The van der Waals surface area contributed by atoms with Gasteiger partial charge in [-0.25, -0.2) is 0 Å². The van der Waals surface area contributed by atoms with E-state index in [2.05, 4.69) is 30.4 Å². The third-order valence-corrected chi connectivity index (χ3v) is 5.21. The van der Waals surface area contributed by atoms with Crippen molar-refractivity contribution in [1.29, 1.82) is 0 Å². The van der Waals surface area contributed by atoms with Crippen LogP contribution >= 0.6 is 11.6 Å². The summed E-state index contributed by atoms with van der Waals surface area (Å²) in [7, 11) is 0. The molecular formula is C22H26ClNO2. The van der Waals surface area contributed by atoms with E-state index < -0.39 is 6.10 Å². The van der Waals surface area contributed by atoms with E-state index in [1.54, 1.807) is 25.1 Å². The van der Waals surface area contributed by atoms with Crippen molar-refractivity contribution in [3.63, 3.8) is 0 Å². The molecule has 0 radical (unpaired) electrons. The lowest BCUT2D eigenvalue weighted by Crippen LogP contribution is -2.38. The predicted molar refractivity (Wildman–Crippen MR) is 106 cm³/mol. The highest BCUT2D eigenvalue weighted by atomic mass is 35.5. The zero-order chi connectivity index (χ0) is 18.5. The number of ether oxygens (including phenoxy) is 1. The van der Waals surface area contributed by atoms with E-state index in [0.717, 1.165) is 12.8 Å². The van der Waals surface area contributed by atoms with Crippen LogP contribution in [0.3, 0.4) is 0 Å². The SMILES string of the molecule is CC[C@H](NC(=O)[C@H](C)Oc1cccc(Cl)c1)c1ccc2c(c1)CCCC2. The van der Waals surface area contributed by atoms with E-state index in [4.69, 9.17) is 16.3 Å². The maximum Gasteiger partial charge on any atom is 0.261 e. The largest absolute Gasteiger partial charge is 0.481 e. The molecule has 0 heterocycles. The standard InChI is InChI=1S/C22H26ClNO2/c1-3-21(18-12-11-16-7-4-5-8-17(16)13-18)24-22(25)15(2)26-20-10-6-9-19(23)14-20/h6,9-15,21H,3-5,7-8H2,1-2H3,(H,24,25)/t15-,21-/m0/s1. The van der Waals surface area contributed by atoms with Crippen molar-refractivity contribution in [3.8, 4) is 5.75 Å². The molecule has 138 valence electrons. The molecule has 3 nitrogen and oxygen atoms in total. The van der Waals surface area contributed by atoms with Crippen molar-refractivity contribution < 1.29 is 9.53 Å². The molecule has 0 unspecified atom stereocenters. The molecule has 26 heavy (non-hydrogen) atoms. The number of rotatable bonds is 6. The van der Waals surface area contributed by atoms with Gasteiger partial charge in [0.15, 0.2) is 6.10 Å². The maximum absolute atomic E-state index is 12.6. The van der Waals surface area contributed by atoms with Crippen LogP contribution in [0.1, 0.15) is 55.8 Å². The van der Waals surface area contributed by atoms with Crippen molar-refractivity contribution in [2.75, 3.05) is 0 Å². The molecule has 1 N–H and O–H groups in total. The Morgan fingerprint density at radius 3 is 2.65 bits per heavy atom. The zero-order valence-electron chi connectivity index (χ0n) is 15.4. The summed E-state index contributed by atoms with van der Waals surface area (Å²) in [5, 5.41) is 3.72. The molecule has 0 fully saturated rings. The van der Waals surface area contributed by atoms with Gasteiger partial charge in [0.2, 0.25) is 0 Å². The van der Waals surface area contributed by atoms with Gasteiger partial charge in [-0.2, -0.15) is 0 Å². The number of carbonyl (C=O) groups is 1. The van der Waals surface area contributed by atoms with Crippen LogP contribution in [0.5, 0.6) is 5.75 Å². The summed E-state index contributed by atoms with van der Waals surface area (Å²) in [6, 6.07) is 13.8. The third-order valence-electron chi connectivity index (χ3n) is 4.98. The fourth-order valence-electron chi connectivity index (χ4n) is 3.48. The van der Waals surface area contributed by atoms with Crippen molar-refractivity contribution in [1.82, 2.24) is 5.32 Å². The highest BCUT2D eigenvalue weighted by Gasteiger charge is 2.20. The molecule has 0 spiro atoms. The summed E-state index contributed by atoms with van der Waals surface area (Å²) < 4.78 is 5.73. The van der Waals surface area contributed by atoms with Gasteiger partial charge < -0.3 is 10.1 Å². The highest BCUT2D eigenvalue weighted by molar-refractivity contribution is 6.30. The van der Waals surface area contributed by atoms with Crippen LogP contribution in [0.15, 0.2) is 42.5 Å². The molecule has 0 bridgehead atoms. The minimum atomic E-state index is -0.583. The van der Waals surface area contributed by atoms with Gasteiger partial charge in [-0.05, 0) is 73.9 Å². The van der Waals surface area contributed by atoms with E-state index in [9.17, 15) is 4.79 Å². The van der Waals surface area contributed by atoms with E-state index >= 15 is 0 Å². The van der Waals surface area contributed by atoms with Crippen molar-refractivity contribution >= 4 is 17.5 Å². The fourth-order valence-corrected chi connectivity index (χ4v) is 3.66. The second-order valence-electron chi connectivity index (χ2n) is 6.92. The summed E-state index contributed by atoms with van der Waals surface area (Å²) in [6.07, 6.45) is 5.10. The first kappa shape index (κ1) is 18.8. The number of halogens is 1. The Morgan fingerprint density at radius 1 is 1.15 bits per heavy atom. The quantitative estimate of drug-likeness (QED) is 0.752. The third kappa shape index (κ3) is 4.59. The number of nitrogens with one attached hydrogen (secondary N) is 1. The van der Waals surface area contributed by atoms with Crippen LogP contribution in [-0.2, 0) is 17.6 Å². The number of hydrogen-bond donors (Lipinski definition) is 1. The molecule has 2 atom stereocenters. The summed E-state index contributed by atoms with van der Waals surface area (Å²) in [5.74, 6) is 0.483. The van der Waals surface area contributed by atoms with Crippen molar-refractivity contribution in [2.24, 2.45) is 0 Å². The van der Waals surface area contributed by atoms with Gasteiger partial charge in [0.05, 0.1) is 6.04 Å². The Labute approximate surface area is 160 Å². The molecule has 2 aromatic rings. The summed E-state index contributed by atoms with van der Waals surface area (Å²) in [6.45, 7) is 3.85. The molecule has 1 aliphatic rings. The lowest BCUT2D eigenvalue weighted by Gasteiger charge is -2.23. The van der Waals surface area contributed by atoms with Gasteiger partial charge in [0, 0.05) is 5.02 Å². The Bertz CT molecular complexity index is 774. The van der Waals surface area contributed by atoms with Gasteiger partial charge in [-0.1, -0.05) is 42.8 Å². The second-order valence-corrected chi connectivity index (χ2v) is 7.36. The molecule has 4 heteroatoms. The van der Waals surface area contributed by atoms with Gasteiger partial charge in [-0.15, -0.1) is 0 Å². The van der Waals surface area contributed by atoms with Gasteiger partial charge in [0.25, 0.3) is 5.91 Å². The Hall–Kier alpha value is -2.00. The highest BCUT2D eigenvalue weighted by Crippen LogP contribution is 2.26. The Balaban J connectivity index is 1.66. The normalized spacial score (nSPS) is 15.7. The van der Waals surface area contributed by atoms with Gasteiger partial charge in [-0.3, -0.25) is 4.79 Å². The Morgan fingerprint density at radius 2 is 1.92 bits per heavy atom. The fraction of sp³-hybridized carbons (Fsp3) is 0.409. The molecule has 3 rings (SSSR count). The lowest BCUT2D eigenvalue weighted by atomic mass is 9.89. The average Bonchev–Trinajstić information content (AvgIpc) is 2.65. The molecule has 0 aromatic heterocycles. The van der Waals surface area contributed by atoms with E-state index in [-0.39, 0.29) is 11.9 Å². The number of fused-ring (bicyclic) bond motifs is 1. The zero-order valence-corrected chi connectivity index (χ0v) is 16.2. The summed E-state index contributed by atoms with van der Waals surface area (Å²) in [5.41, 5.74) is 4.07. The molecule has 0 saturated carbocycles. The van der Waals surface area contributed by atoms with E-state index in [1.165, 1.54) is 36.0 Å². The van der Waals surface area contributed by atoms with Crippen molar-refractivity contribution in [3.05, 3.63) is 64.2 Å². The molecule has 1 aliphatic carbocycles. The number of hydrogen-bond acceptors (Lipinski definition) is 2. The summed E-state index contributed by atoms with van der Waals surface area (Å²) >= 11 is 5.97. The maximum atomic E-state index is 12.6. The van der Waals surface area contributed by atoms with Crippen LogP contribution in [-0.4, -0.2) is 12.0 Å². The molecule has 0 saturated heterocycles. The number of benzene rings is 2. The monoisotopic (exact) mass is 371 g/mol. The molecule has 1 amide bonds. The van der Waals surface area contributed by atoms with Crippen LogP contribution in [0, 0.1) is 0 Å². The first-order valence-electron chi connectivity index (χ1n) is 9.41. The first-order valence-corrected chi connectivity index (χ1v) is 9.79. The van der Waals surface area contributed by atoms with Gasteiger partial charge >= 0.3 is 0 Å². The number of carbonyl (C=O) groups excluding carboxylic acids is 1. The minimum absolute atomic E-state index is 0.000128. The van der Waals surface area contributed by atoms with Crippen LogP contribution in [0.25, 0.3) is 0 Å². The van der Waals surface area contributed by atoms with Crippen LogP contribution in [0.2, 0.25) is 5.02 Å². The molecule has 0 aliphatic heterocycles. The number of aryl methyl sites for hydroxylation is 2. The van der Waals surface area contributed by atoms with Crippen LogP contribution < -0.4 is 10.1 Å². The predicted octanol–water partition coefficient (Wildman–Crippen LogP) is 5.25. The first-order chi connectivity index (χ1) is 12.6. The Kier molecular flexibility index (Phi) is 6.20. The molecular weight excluding hydrogens is 346 g/mol. The van der Waals surface area contributed by atoms with Crippen LogP contribution in [0.4, 0.5) is 0 Å². The summed E-state index contributed by atoms with van der Waals surface area (Å²) in [4.78, 5) is 12.6. The average molecular weight is 372 g/mol. The number of amides is 1. The topological polar surface area (TPSA) is 38.3 Å². The van der Waals surface area contributed by atoms with Gasteiger partial charge in [0.1, 0.15) is 5.75 Å². The van der Waals surface area contributed by atoms with Crippen molar-refractivity contribution in [2.45, 2.75) is 58.1 Å². The molecule has 2 aromatic carbocycles. The van der Waals surface area contributed by atoms with E-state index in [0.29, 0.717) is 10.8 Å². The smallest absolute Gasteiger partial charge is 0.261 e. The minimum Gasteiger partial charge on any atom is -0.481 e. The van der Waals surface area contributed by atoms with E-state index in [1.807, 2.05) is 6.07 Å². The lowest BCUT2D eigenvalue weighted by molar-refractivity contribution is -0.128.